The van der Waals surface area contributed by atoms with Crippen LogP contribution in [0.4, 0.5) is 0 Å². The van der Waals surface area contributed by atoms with Gasteiger partial charge in [0.1, 0.15) is 0 Å². The molecule has 0 fully saturated rings. The third-order valence-corrected chi connectivity index (χ3v) is 8.53. The fraction of sp³-hybridized carbons (Fsp3) is 1.00. The van der Waals surface area contributed by atoms with Crippen molar-refractivity contribution in [2.24, 2.45) is 0 Å². The lowest BCUT2D eigenvalue weighted by Gasteiger charge is -2.03. The summed E-state index contributed by atoms with van der Waals surface area (Å²) in [6, 6.07) is 0. The van der Waals surface area contributed by atoms with Crippen molar-refractivity contribution in [1.29, 1.82) is 0 Å². The molecule has 0 aromatic carbocycles. The van der Waals surface area contributed by atoms with E-state index in [1.165, 1.54) is 50.0 Å². The molecule has 10 heteroatoms. The SMILES string of the molecule is O=S(=O)(O)CCCCCCCCCSSCCCCCCCCCS(=O)(=O)O. The van der Waals surface area contributed by atoms with Gasteiger partial charge in [0.25, 0.3) is 20.2 Å². The molecule has 0 aromatic rings. The summed E-state index contributed by atoms with van der Waals surface area (Å²) in [6.07, 6.45) is 14.5. The highest BCUT2D eigenvalue weighted by Crippen LogP contribution is 2.24. The lowest BCUT2D eigenvalue weighted by atomic mass is 10.1. The number of hydrogen-bond acceptors (Lipinski definition) is 6. The second-order valence-electron chi connectivity index (χ2n) is 7.17. The van der Waals surface area contributed by atoms with Gasteiger partial charge in [0, 0.05) is 11.5 Å². The van der Waals surface area contributed by atoms with Gasteiger partial charge in [-0.3, -0.25) is 9.11 Å². The van der Waals surface area contributed by atoms with Crippen LogP contribution in [0.2, 0.25) is 0 Å². The summed E-state index contributed by atoms with van der Waals surface area (Å²) in [5.41, 5.74) is 0. The maximum atomic E-state index is 10.6. The molecule has 0 aliphatic rings. The van der Waals surface area contributed by atoms with E-state index < -0.39 is 20.2 Å². The Kier molecular flexibility index (Phi) is 18.6. The second-order valence-corrected chi connectivity index (χ2v) is 13.0. The third-order valence-electron chi connectivity index (χ3n) is 4.34. The van der Waals surface area contributed by atoms with Crippen LogP contribution in [-0.4, -0.2) is 49.0 Å². The fourth-order valence-corrected chi connectivity index (χ4v) is 6.21. The van der Waals surface area contributed by atoms with E-state index in [-0.39, 0.29) is 11.5 Å². The molecular formula is C18H38O6S4. The van der Waals surface area contributed by atoms with Crippen LogP contribution in [0.5, 0.6) is 0 Å². The second kappa shape index (κ2) is 18.3. The first-order valence-electron chi connectivity index (χ1n) is 10.4. The van der Waals surface area contributed by atoms with Crippen LogP contribution in [0, 0.1) is 0 Å². The quantitative estimate of drug-likeness (QED) is 0.125. The van der Waals surface area contributed by atoms with Crippen molar-refractivity contribution in [3.05, 3.63) is 0 Å². The third kappa shape index (κ3) is 26.5. The molecule has 28 heavy (non-hydrogen) atoms. The summed E-state index contributed by atoms with van der Waals surface area (Å²) < 4.78 is 59.5. The summed E-state index contributed by atoms with van der Waals surface area (Å²) in [5.74, 6) is 2.14. The van der Waals surface area contributed by atoms with Gasteiger partial charge in [-0.15, -0.1) is 0 Å². The fourth-order valence-electron chi connectivity index (χ4n) is 2.78. The van der Waals surface area contributed by atoms with Gasteiger partial charge in [0.15, 0.2) is 0 Å². The Hall–Kier alpha value is 0.520. The van der Waals surface area contributed by atoms with Crippen molar-refractivity contribution in [3.8, 4) is 0 Å². The van der Waals surface area contributed by atoms with Gasteiger partial charge in [-0.25, -0.2) is 0 Å². The van der Waals surface area contributed by atoms with E-state index in [0.29, 0.717) is 12.8 Å². The molecule has 0 aromatic heterocycles. The minimum Gasteiger partial charge on any atom is -0.286 e. The van der Waals surface area contributed by atoms with E-state index in [0.717, 1.165) is 38.5 Å². The van der Waals surface area contributed by atoms with Crippen LogP contribution >= 0.6 is 21.6 Å². The van der Waals surface area contributed by atoms with Gasteiger partial charge in [-0.2, -0.15) is 16.8 Å². The lowest BCUT2D eigenvalue weighted by Crippen LogP contribution is -2.03. The first kappa shape index (κ1) is 28.5. The summed E-state index contributed by atoms with van der Waals surface area (Å²) in [5, 5.41) is 0. The molecule has 0 spiro atoms. The molecule has 6 nitrogen and oxygen atoms in total. The first-order valence-corrected chi connectivity index (χ1v) is 16.1. The number of hydrogen-bond donors (Lipinski definition) is 2. The van der Waals surface area contributed by atoms with E-state index >= 15 is 0 Å². The normalized spacial score (nSPS) is 12.5. The highest BCUT2D eigenvalue weighted by atomic mass is 33.1. The lowest BCUT2D eigenvalue weighted by molar-refractivity contribution is 0.476. The summed E-state index contributed by atoms with van der Waals surface area (Å²) in [4.78, 5) is 0. The highest BCUT2D eigenvalue weighted by molar-refractivity contribution is 8.76. The topological polar surface area (TPSA) is 109 Å². The first-order chi connectivity index (χ1) is 13.2. The maximum absolute atomic E-state index is 10.6. The van der Waals surface area contributed by atoms with Crippen molar-refractivity contribution in [1.82, 2.24) is 0 Å². The van der Waals surface area contributed by atoms with E-state index in [9.17, 15) is 16.8 Å². The minimum absolute atomic E-state index is 0.113. The van der Waals surface area contributed by atoms with E-state index in [1.807, 2.05) is 21.6 Å². The molecule has 0 aliphatic heterocycles. The molecule has 0 saturated carbocycles. The Morgan fingerprint density at radius 1 is 0.429 bits per heavy atom. The van der Waals surface area contributed by atoms with Crippen molar-refractivity contribution in [2.45, 2.75) is 89.9 Å². The molecular weight excluding hydrogens is 440 g/mol. The average molecular weight is 479 g/mol. The Bertz CT molecular complexity index is 498. The summed E-state index contributed by atoms with van der Waals surface area (Å²) >= 11 is 0. The molecule has 0 unspecified atom stereocenters. The van der Waals surface area contributed by atoms with Gasteiger partial charge in [-0.05, 0) is 25.7 Å². The molecule has 0 bridgehead atoms. The van der Waals surface area contributed by atoms with Crippen molar-refractivity contribution in [2.75, 3.05) is 23.0 Å². The van der Waals surface area contributed by atoms with E-state index in [4.69, 9.17) is 9.11 Å². The Morgan fingerprint density at radius 3 is 0.964 bits per heavy atom. The zero-order valence-corrected chi connectivity index (χ0v) is 20.2. The predicted molar refractivity (Wildman–Crippen MR) is 122 cm³/mol. The molecule has 2 N–H and O–H groups in total. The van der Waals surface area contributed by atoms with Crippen LogP contribution in [0.1, 0.15) is 89.9 Å². The van der Waals surface area contributed by atoms with Crippen LogP contribution in [-0.2, 0) is 20.2 Å². The van der Waals surface area contributed by atoms with Crippen LogP contribution in [0.25, 0.3) is 0 Å². The van der Waals surface area contributed by atoms with Crippen molar-refractivity contribution >= 4 is 41.8 Å². The Morgan fingerprint density at radius 2 is 0.679 bits per heavy atom. The van der Waals surface area contributed by atoms with Gasteiger partial charge in [0.05, 0.1) is 11.5 Å². The van der Waals surface area contributed by atoms with Crippen LogP contribution < -0.4 is 0 Å². The van der Waals surface area contributed by atoms with Gasteiger partial charge >= 0.3 is 0 Å². The Labute approximate surface area is 180 Å². The molecule has 0 atom stereocenters. The molecule has 0 heterocycles. The van der Waals surface area contributed by atoms with Gasteiger partial charge < -0.3 is 0 Å². The standard InChI is InChI=1S/C18H38O6S4/c19-27(20,21)17-13-9-5-1-3-7-11-15-25-26-16-12-8-4-2-6-10-14-18-28(22,23)24/h1-18H2,(H,19,20,21)(H,22,23,24). The average Bonchev–Trinajstić information content (AvgIpc) is 2.58. The maximum Gasteiger partial charge on any atom is 0.264 e. The van der Waals surface area contributed by atoms with Crippen LogP contribution in [0.3, 0.4) is 0 Å². The molecule has 170 valence electrons. The van der Waals surface area contributed by atoms with E-state index in [2.05, 4.69) is 0 Å². The molecule has 0 amide bonds. The van der Waals surface area contributed by atoms with Gasteiger partial charge in [0.2, 0.25) is 0 Å². The number of unbranched alkanes of at least 4 members (excludes halogenated alkanes) is 12. The predicted octanol–water partition coefficient (Wildman–Crippen LogP) is 5.60. The van der Waals surface area contributed by atoms with Crippen molar-refractivity contribution in [3.63, 3.8) is 0 Å². The molecule has 0 rings (SSSR count). The smallest absolute Gasteiger partial charge is 0.264 e. The highest BCUT2D eigenvalue weighted by Gasteiger charge is 2.03. The molecule has 0 aliphatic carbocycles. The monoisotopic (exact) mass is 478 g/mol. The van der Waals surface area contributed by atoms with Gasteiger partial charge in [-0.1, -0.05) is 85.8 Å². The molecule has 0 saturated heterocycles. The largest absolute Gasteiger partial charge is 0.286 e. The summed E-state index contributed by atoms with van der Waals surface area (Å²) in [6.45, 7) is 0. The number of rotatable bonds is 21. The van der Waals surface area contributed by atoms with E-state index in [1.54, 1.807) is 0 Å². The Balaban J connectivity index is 3.10. The van der Waals surface area contributed by atoms with Crippen LogP contribution in [0.15, 0.2) is 0 Å². The molecule has 0 radical (unpaired) electrons. The summed E-state index contributed by atoms with van der Waals surface area (Å²) in [7, 11) is -3.67. The zero-order valence-electron chi connectivity index (χ0n) is 16.9. The van der Waals surface area contributed by atoms with Crippen molar-refractivity contribution < 1.29 is 25.9 Å². The zero-order chi connectivity index (χ0) is 21.1. The minimum atomic E-state index is -3.78.